The Balaban J connectivity index is 1.96. The van der Waals surface area contributed by atoms with Crippen molar-refractivity contribution >= 4 is 34.8 Å². The van der Waals surface area contributed by atoms with Crippen LogP contribution in [0.2, 0.25) is 5.02 Å². The normalized spacial score (nSPS) is 10.2. The second-order valence-corrected chi connectivity index (χ2v) is 5.68. The molecule has 0 saturated heterocycles. The third-order valence-corrected chi connectivity index (χ3v) is 3.94. The Bertz CT molecular complexity index is 716. The first-order valence-electron chi connectivity index (χ1n) is 7.35. The Labute approximate surface area is 141 Å². The average Bonchev–Trinajstić information content (AvgIpc) is 2.53. The first kappa shape index (κ1) is 17.0. The molecule has 0 aliphatic rings. The van der Waals surface area contributed by atoms with Crippen molar-refractivity contribution in [2.75, 3.05) is 17.3 Å². The molecule has 0 aliphatic carbocycles. The quantitative estimate of drug-likeness (QED) is 0.904. The zero-order chi connectivity index (χ0) is 16.8. The molecular formula is C18H19ClN2O2. The largest absolute Gasteiger partial charge is 0.326 e. The minimum absolute atomic E-state index is 0.0628. The van der Waals surface area contributed by atoms with Gasteiger partial charge in [0, 0.05) is 36.8 Å². The monoisotopic (exact) mass is 330 g/mol. The van der Waals surface area contributed by atoms with Crippen LogP contribution in [0, 0.1) is 0 Å². The summed E-state index contributed by atoms with van der Waals surface area (Å²) < 4.78 is 0. The molecule has 0 radical (unpaired) electrons. The van der Waals surface area contributed by atoms with Crippen molar-refractivity contribution in [2.24, 2.45) is 0 Å². The summed E-state index contributed by atoms with van der Waals surface area (Å²) in [5.74, 6) is -0.153. The predicted octanol–water partition coefficient (Wildman–Crippen LogP) is 3.89. The van der Waals surface area contributed by atoms with Gasteiger partial charge in [-0.25, -0.2) is 0 Å². The molecule has 1 N–H and O–H groups in total. The first-order chi connectivity index (χ1) is 11.0. The van der Waals surface area contributed by atoms with Crippen molar-refractivity contribution in [1.29, 1.82) is 0 Å². The highest BCUT2D eigenvalue weighted by Gasteiger charge is 2.08. The number of carbonyl (C=O) groups excluding carboxylic acids is 2. The molecule has 0 unspecified atom stereocenters. The Hall–Kier alpha value is -2.33. The van der Waals surface area contributed by atoms with Gasteiger partial charge in [0.1, 0.15) is 0 Å². The molecule has 5 heteroatoms. The second-order valence-electron chi connectivity index (χ2n) is 5.27. The van der Waals surface area contributed by atoms with Crippen LogP contribution in [0.4, 0.5) is 11.4 Å². The van der Waals surface area contributed by atoms with E-state index in [-0.39, 0.29) is 11.8 Å². The van der Waals surface area contributed by atoms with Crippen LogP contribution >= 0.6 is 11.6 Å². The van der Waals surface area contributed by atoms with Gasteiger partial charge in [0.25, 0.3) is 0 Å². The Morgan fingerprint density at radius 3 is 2.57 bits per heavy atom. The van der Waals surface area contributed by atoms with Crippen LogP contribution in [0.3, 0.4) is 0 Å². The van der Waals surface area contributed by atoms with E-state index in [4.69, 9.17) is 11.6 Å². The van der Waals surface area contributed by atoms with Crippen LogP contribution in [0.5, 0.6) is 0 Å². The van der Waals surface area contributed by atoms with E-state index in [0.29, 0.717) is 23.6 Å². The maximum absolute atomic E-state index is 12.1. The lowest BCUT2D eigenvalue weighted by Gasteiger charge is -2.16. The highest BCUT2D eigenvalue weighted by atomic mass is 35.5. The Morgan fingerprint density at radius 2 is 1.87 bits per heavy atom. The van der Waals surface area contributed by atoms with Gasteiger partial charge in [-0.05, 0) is 36.2 Å². The molecule has 0 aliphatic heterocycles. The smallest absolute Gasteiger partial charge is 0.224 e. The number of amides is 2. The van der Waals surface area contributed by atoms with Gasteiger partial charge in [-0.2, -0.15) is 0 Å². The second kappa shape index (κ2) is 7.79. The fraction of sp³-hybridized carbons (Fsp3) is 0.222. The van der Waals surface area contributed by atoms with Crippen LogP contribution in [0.1, 0.15) is 18.9 Å². The van der Waals surface area contributed by atoms with Gasteiger partial charge in [-0.1, -0.05) is 35.9 Å². The molecule has 0 fully saturated rings. The van der Waals surface area contributed by atoms with Gasteiger partial charge in [-0.15, -0.1) is 0 Å². The topological polar surface area (TPSA) is 49.4 Å². The van der Waals surface area contributed by atoms with Gasteiger partial charge < -0.3 is 10.2 Å². The van der Waals surface area contributed by atoms with E-state index < -0.39 is 0 Å². The number of nitrogens with one attached hydrogen (secondary N) is 1. The lowest BCUT2D eigenvalue weighted by atomic mass is 10.1. The number of hydrogen-bond donors (Lipinski definition) is 1. The SMILES string of the molecule is CC(=O)N(C)c1cccc(NC(=O)CCc2ccccc2Cl)c1. The average molecular weight is 331 g/mol. The van der Waals surface area contributed by atoms with Gasteiger partial charge in [0.05, 0.1) is 0 Å². The predicted molar refractivity (Wildman–Crippen MR) is 93.9 cm³/mol. The van der Waals surface area contributed by atoms with Crippen LogP contribution in [0.25, 0.3) is 0 Å². The molecule has 0 aromatic heterocycles. The first-order valence-corrected chi connectivity index (χ1v) is 7.73. The van der Waals surface area contributed by atoms with E-state index in [9.17, 15) is 9.59 Å². The van der Waals surface area contributed by atoms with Gasteiger partial charge in [0.2, 0.25) is 11.8 Å². The molecule has 0 heterocycles. The van der Waals surface area contributed by atoms with Crippen molar-refractivity contribution in [1.82, 2.24) is 0 Å². The molecule has 120 valence electrons. The number of hydrogen-bond acceptors (Lipinski definition) is 2. The lowest BCUT2D eigenvalue weighted by molar-refractivity contribution is -0.117. The fourth-order valence-electron chi connectivity index (χ4n) is 2.15. The summed E-state index contributed by atoms with van der Waals surface area (Å²) in [4.78, 5) is 25.0. The maximum Gasteiger partial charge on any atom is 0.224 e. The fourth-order valence-corrected chi connectivity index (χ4v) is 2.38. The minimum Gasteiger partial charge on any atom is -0.326 e. The minimum atomic E-state index is -0.0902. The van der Waals surface area contributed by atoms with E-state index in [1.54, 1.807) is 25.2 Å². The van der Waals surface area contributed by atoms with Crippen molar-refractivity contribution in [3.05, 3.63) is 59.1 Å². The summed E-state index contributed by atoms with van der Waals surface area (Å²) in [7, 11) is 1.70. The van der Waals surface area contributed by atoms with E-state index in [2.05, 4.69) is 5.32 Å². The Kier molecular flexibility index (Phi) is 5.77. The summed E-state index contributed by atoms with van der Waals surface area (Å²) in [5, 5.41) is 3.52. The number of rotatable bonds is 5. The number of aryl methyl sites for hydroxylation is 1. The molecule has 2 rings (SSSR count). The number of benzene rings is 2. The molecule has 23 heavy (non-hydrogen) atoms. The van der Waals surface area contributed by atoms with Crippen LogP contribution in [-0.4, -0.2) is 18.9 Å². The van der Waals surface area contributed by atoms with Crippen molar-refractivity contribution in [3.63, 3.8) is 0 Å². The number of nitrogens with zero attached hydrogens (tertiary/aromatic N) is 1. The highest BCUT2D eigenvalue weighted by Crippen LogP contribution is 2.20. The standard InChI is InChI=1S/C18H19ClN2O2/c1-13(22)21(2)16-8-5-7-15(12-16)20-18(23)11-10-14-6-3-4-9-17(14)19/h3-9,12H,10-11H2,1-2H3,(H,20,23). The number of anilines is 2. The van der Waals surface area contributed by atoms with Gasteiger partial charge >= 0.3 is 0 Å². The van der Waals surface area contributed by atoms with Crippen LogP contribution < -0.4 is 10.2 Å². The van der Waals surface area contributed by atoms with E-state index in [1.165, 1.54) is 11.8 Å². The van der Waals surface area contributed by atoms with Gasteiger partial charge in [0.15, 0.2) is 0 Å². The van der Waals surface area contributed by atoms with Crippen molar-refractivity contribution in [3.8, 4) is 0 Å². The number of halogens is 1. The summed E-state index contributed by atoms with van der Waals surface area (Å²) >= 11 is 6.08. The summed E-state index contributed by atoms with van der Waals surface area (Å²) in [6.07, 6.45) is 0.926. The molecule has 0 bridgehead atoms. The molecule has 2 aromatic rings. The summed E-state index contributed by atoms with van der Waals surface area (Å²) in [5.41, 5.74) is 2.36. The van der Waals surface area contributed by atoms with E-state index in [0.717, 1.165) is 11.3 Å². The Morgan fingerprint density at radius 1 is 1.13 bits per heavy atom. The third-order valence-electron chi connectivity index (χ3n) is 3.57. The van der Waals surface area contributed by atoms with Gasteiger partial charge in [-0.3, -0.25) is 9.59 Å². The summed E-state index contributed by atoms with van der Waals surface area (Å²) in [6, 6.07) is 14.7. The van der Waals surface area contributed by atoms with Crippen LogP contribution in [-0.2, 0) is 16.0 Å². The molecule has 0 spiro atoms. The van der Waals surface area contributed by atoms with E-state index in [1.807, 2.05) is 30.3 Å². The van der Waals surface area contributed by atoms with Crippen LogP contribution in [0.15, 0.2) is 48.5 Å². The van der Waals surface area contributed by atoms with Crippen molar-refractivity contribution < 1.29 is 9.59 Å². The summed E-state index contributed by atoms with van der Waals surface area (Å²) in [6.45, 7) is 1.49. The van der Waals surface area contributed by atoms with E-state index >= 15 is 0 Å². The molecule has 2 aromatic carbocycles. The zero-order valence-corrected chi connectivity index (χ0v) is 13.9. The molecule has 0 saturated carbocycles. The third kappa shape index (κ3) is 4.83. The number of carbonyl (C=O) groups is 2. The highest BCUT2D eigenvalue weighted by molar-refractivity contribution is 6.31. The maximum atomic E-state index is 12.1. The molecular weight excluding hydrogens is 312 g/mol. The molecule has 0 atom stereocenters. The lowest BCUT2D eigenvalue weighted by Crippen LogP contribution is -2.23. The zero-order valence-electron chi connectivity index (χ0n) is 13.2. The van der Waals surface area contributed by atoms with Crippen molar-refractivity contribution in [2.45, 2.75) is 19.8 Å². The molecule has 4 nitrogen and oxygen atoms in total. The molecule has 2 amide bonds.